The normalized spacial score (nSPS) is 13.1. The van der Waals surface area contributed by atoms with Crippen molar-refractivity contribution >= 4 is 124 Å². The van der Waals surface area contributed by atoms with Gasteiger partial charge in [-0.05, 0) is 131 Å². The van der Waals surface area contributed by atoms with Crippen molar-refractivity contribution in [3.63, 3.8) is 0 Å². The Balaban J connectivity index is 1.14. The average Bonchev–Trinajstić information content (AvgIpc) is 4.01. The van der Waals surface area contributed by atoms with Crippen LogP contribution in [0.2, 0.25) is 0 Å². The van der Waals surface area contributed by atoms with Crippen LogP contribution >= 0.6 is 11.3 Å². The molecule has 0 saturated carbocycles. The summed E-state index contributed by atoms with van der Waals surface area (Å²) in [6.45, 7) is 4.72. The predicted molar refractivity (Wildman–Crippen MR) is 284 cm³/mol. The fraction of sp³-hybridized carbons (Fsp3) is 0.0476. The van der Waals surface area contributed by atoms with Crippen molar-refractivity contribution in [3.05, 3.63) is 223 Å². The molecule has 66 heavy (non-hydrogen) atoms. The summed E-state index contributed by atoms with van der Waals surface area (Å²) in [6.07, 6.45) is 0. The summed E-state index contributed by atoms with van der Waals surface area (Å²) in [6, 6.07) is 78.9. The van der Waals surface area contributed by atoms with Gasteiger partial charge in [0.15, 0.2) is 0 Å². The summed E-state index contributed by atoms with van der Waals surface area (Å²) in [7, 11) is 0. The van der Waals surface area contributed by atoms with E-state index in [4.69, 9.17) is 4.42 Å². The Hall–Kier alpha value is -7.98. The molecule has 0 fully saturated rings. The number of anilines is 3. The van der Waals surface area contributed by atoms with E-state index >= 15 is 0 Å². The van der Waals surface area contributed by atoms with Crippen LogP contribution in [0.3, 0.4) is 0 Å². The molecular weight excluding hydrogens is 819 g/mol. The van der Waals surface area contributed by atoms with E-state index < -0.39 is 0 Å². The van der Waals surface area contributed by atoms with E-state index in [1.54, 1.807) is 0 Å². The number of hydrogen-bond acceptors (Lipinski definition) is 3. The molecule has 3 heteroatoms. The summed E-state index contributed by atoms with van der Waals surface area (Å²) < 4.78 is 9.19. The molecule has 0 amide bonds. The highest BCUT2D eigenvalue weighted by atomic mass is 32.1. The molecular formula is C63H41NOS. The first kappa shape index (κ1) is 37.4. The second kappa shape index (κ2) is 14.0. The van der Waals surface area contributed by atoms with Crippen LogP contribution in [0.25, 0.3) is 107 Å². The van der Waals surface area contributed by atoms with E-state index in [0.29, 0.717) is 0 Å². The van der Waals surface area contributed by atoms with Gasteiger partial charge in [-0.15, -0.1) is 11.3 Å². The molecule has 2 nitrogen and oxygen atoms in total. The lowest BCUT2D eigenvalue weighted by Gasteiger charge is -2.28. The van der Waals surface area contributed by atoms with Crippen LogP contribution in [0, 0.1) is 0 Å². The lowest BCUT2D eigenvalue weighted by molar-refractivity contribution is 0.660. The number of fused-ring (bicyclic) bond motifs is 20. The highest BCUT2D eigenvalue weighted by Crippen LogP contribution is 2.52. The number of furan rings is 1. The van der Waals surface area contributed by atoms with E-state index in [1.165, 1.54) is 96.3 Å². The van der Waals surface area contributed by atoms with E-state index in [1.807, 2.05) is 17.4 Å². The Labute approximate surface area is 385 Å². The molecule has 0 radical (unpaired) electrons. The van der Waals surface area contributed by atoms with Crippen LogP contribution in [-0.4, -0.2) is 0 Å². The Morgan fingerprint density at radius 2 is 0.818 bits per heavy atom. The van der Waals surface area contributed by atoms with Gasteiger partial charge in [-0.2, -0.15) is 0 Å². The molecule has 0 aliphatic heterocycles. The second-order valence-corrected chi connectivity index (χ2v) is 19.4. The Kier molecular flexibility index (Phi) is 7.94. The predicted octanol–water partition coefficient (Wildman–Crippen LogP) is 18.6. The maximum Gasteiger partial charge on any atom is 0.137 e. The van der Waals surface area contributed by atoms with Gasteiger partial charge in [0.1, 0.15) is 11.2 Å². The third kappa shape index (κ3) is 5.35. The van der Waals surface area contributed by atoms with Crippen LogP contribution in [0.15, 0.2) is 217 Å². The van der Waals surface area contributed by atoms with Crippen molar-refractivity contribution in [1.82, 2.24) is 0 Å². The van der Waals surface area contributed by atoms with Gasteiger partial charge >= 0.3 is 0 Å². The van der Waals surface area contributed by atoms with Gasteiger partial charge in [0.05, 0.1) is 0 Å². The van der Waals surface area contributed by atoms with Crippen LogP contribution in [0.5, 0.6) is 0 Å². The quantitative estimate of drug-likeness (QED) is 0.176. The minimum atomic E-state index is -0.164. The first-order valence-electron chi connectivity index (χ1n) is 22.8. The molecule has 0 spiro atoms. The van der Waals surface area contributed by atoms with Gasteiger partial charge in [-0.25, -0.2) is 0 Å². The molecule has 0 saturated heterocycles. The Bertz CT molecular complexity index is 4280. The van der Waals surface area contributed by atoms with Crippen LogP contribution in [0.1, 0.15) is 25.0 Å². The highest BCUT2D eigenvalue weighted by Gasteiger charge is 2.36. The third-order valence-electron chi connectivity index (χ3n) is 14.5. The molecule has 0 atom stereocenters. The minimum absolute atomic E-state index is 0.164. The summed E-state index contributed by atoms with van der Waals surface area (Å²) >= 11 is 1.88. The Morgan fingerprint density at radius 3 is 1.58 bits per heavy atom. The molecule has 1 aliphatic carbocycles. The lowest BCUT2D eigenvalue weighted by Crippen LogP contribution is -2.16. The average molecular weight is 860 g/mol. The smallest absolute Gasteiger partial charge is 0.137 e. The van der Waals surface area contributed by atoms with Gasteiger partial charge in [0, 0.05) is 59.5 Å². The van der Waals surface area contributed by atoms with E-state index in [2.05, 4.69) is 225 Å². The van der Waals surface area contributed by atoms with Gasteiger partial charge in [0.25, 0.3) is 0 Å². The Morgan fingerprint density at radius 1 is 0.333 bits per heavy atom. The van der Waals surface area contributed by atoms with Crippen molar-refractivity contribution in [3.8, 4) is 11.1 Å². The number of hydrogen-bond donors (Lipinski definition) is 0. The largest absolute Gasteiger partial charge is 0.456 e. The van der Waals surface area contributed by atoms with Gasteiger partial charge < -0.3 is 9.32 Å². The standard InChI is InChI=1S/C63H41NOS/c1-63(2)55-24-12-9-20-47(55)48-31-28-39(36-56(48)63)64(40-29-32-50-49-21-10-13-25-57(49)65-58(50)37-40)38-27-30-46-52-33-34-60-62(53-23-11-14-26-59(53)66-60)61(52)51-22-8-7-18-44(51)42-16-4-3-15-41(42)43-17-5-6-19-45(43)54(46)35-38/h3-37H,1-2H3. The maximum absolute atomic E-state index is 6.59. The first-order valence-corrected chi connectivity index (χ1v) is 23.6. The zero-order valence-electron chi connectivity index (χ0n) is 36.5. The molecule has 13 aromatic rings. The van der Waals surface area contributed by atoms with Crippen molar-refractivity contribution in [1.29, 1.82) is 0 Å². The molecule has 0 unspecified atom stereocenters. The van der Waals surface area contributed by atoms with E-state index in [-0.39, 0.29) is 5.41 Å². The van der Waals surface area contributed by atoms with E-state index in [9.17, 15) is 0 Å². The summed E-state index contributed by atoms with van der Waals surface area (Å²) in [5.74, 6) is 0. The summed E-state index contributed by atoms with van der Waals surface area (Å²) in [5.41, 5.74) is 10.1. The van der Waals surface area contributed by atoms with Gasteiger partial charge in [-0.3, -0.25) is 0 Å². The maximum atomic E-state index is 6.59. The number of rotatable bonds is 3. The van der Waals surface area contributed by atoms with Crippen molar-refractivity contribution in [2.24, 2.45) is 0 Å². The molecule has 310 valence electrons. The minimum Gasteiger partial charge on any atom is -0.456 e. The van der Waals surface area contributed by atoms with Crippen LogP contribution in [0.4, 0.5) is 17.1 Å². The molecule has 0 N–H and O–H groups in total. The first-order chi connectivity index (χ1) is 32.5. The van der Waals surface area contributed by atoms with Crippen molar-refractivity contribution in [2.45, 2.75) is 19.3 Å². The third-order valence-corrected chi connectivity index (χ3v) is 15.6. The summed E-state index contributed by atoms with van der Waals surface area (Å²) in [4.78, 5) is 2.44. The van der Waals surface area contributed by atoms with Crippen LogP contribution < -0.4 is 4.90 Å². The topological polar surface area (TPSA) is 16.4 Å². The molecule has 1 aliphatic rings. The van der Waals surface area contributed by atoms with Crippen molar-refractivity contribution < 1.29 is 4.42 Å². The molecule has 14 rings (SSSR count). The molecule has 2 aromatic heterocycles. The fourth-order valence-corrected chi connectivity index (χ4v) is 12.5. The molecule has 11 aromatic carbocycles. The zero-order valence-corrected chi connectivity index (χ0v) is 37.3. The lowest BCUT2D eigenvalue weighted by atomic mass is 9.82. The summed E-state index contributed by atoms with van der Waals surface area (Å²) in [5, 5.41) is 17.0. The van der Waals surface area contributed by atoms with Crippen molar-refractivity contribution in [2.75, 3.05) is 4.90 Å². The highest BCUT2D eigenvalue weighted by molar-refractivity contribution is 7.26. The number of benzene rings is 10. The van der Waals surface area contributed by atoms with Gasteiger partial charge in [-0.1, -0.05) is 166 Å². The fourth-order valence-electron chi connectivity index (χ4n) is 11.4. The monoisotopic (exact) mass is 859 g/mol. The molecule has 0 bridgehead atoms. The number of para-hydroxylation sites is 1. The number of nitrogens with zero attached hydrogens (tertiary/aromatic N) is 1. The van der Waals surface area contributed by atoms with E-state index in [0.717, 1.165) is 39.0 Å². The zero-order chi connectivity index (χ0) is 43.7. The number of thiophene rings is 1. The van der Waals surface area contributed by atoms with Gasteiger partial charge in [0.2, 0.25) is 0 Å². The SMILES string of the molecule is CC1(C)c2ccccc2-c2ccc(N(c3ccc4c(c3)oc3ccccc34)c3ccc4c(c3)c3ccccc3c3ccccc3c3ccccc3c3c4ccc4sc5ccccc5c43)cc21. The second-order valence-electron chi connectivity index (χ2n) is 18.3. The molecule has 2 heterocycles. The van der Waals surface area contributed by atoms with Crippen LogP contribution in [-0.2, 0) is 5.41 Å².